The molecule has 0 bridgehead atoms. The Balaban J connectivity index is 2.04. The predicted octanol–water partition coefficient (Wildman–Crippen LogP) is 1.61. The van der Waals surface area contributed by atoms with E-state index in [2.05, 4.69) is 15.0 Å². The lowest BCUT2D eigenvalue weighted by Gasteiger charge is -2.22. The number of aromatic nitrogens is 1. The van der Waals surface area contributed by atoms with Crippen LogP contribution in [0.3, 0.4) is 0 Å². The van der Waals surface area contributed by atoms with E-state index in [1.54, 1.807) is 18.3 Å². The highest BCUT2D eigenvalue weighted by Gasteiger charge is 2.22. The second kappa shape index (κ2) is 7.72. The van der Waals surface area contributed by atoms with Crippen molar-refractivity contribution in [1.29, 1.82) is 0 Å². The van der Waals surface area contributed by atoms with Crippen molar-refractivity contribution in [3.05, 3.63) is 18.3 Å². The zero-order valence-corrected chi connectivity index (χ0v) is 13.2. The van der Waals surface area contributed by atoms with Crippen molar-refractivity contribution in [1.82, 2.24) is 9.71 Å². The van der Waals surface area contributed by atoms with Crippen LogP contribution in [0.1, 0.15) is 26.2 Å². The third-order valence-electron chi connectivity index (χ3n) is 3.42. The first kappa shape index (κ1) is 16.2. The fourth-order valence-corrected chi connectivity index (χ4v) is 3.51. The molecule has 0 aliphatic carbocycles. The molecule has 1 saturated heterocycles. The van der Waals surface area contributed by atoms with Gasteiger partial charge in [0, 0.05) is 25.9 Å². The number of nitrogens with one attached hydrogen (secondary N) is 2. The minimum absolute atomic E-state index is 0.204. The normalized spacial score (nSPS) is 19.4. The molecule has 1 fully saturated rings. The minimum atomic E-state index is -3.55. The highest BCUT2D eigenvalue weighted by atomic mass is 32.2. The quantitative estimate of drug-likeness (QED) is 0.799. The third-order valence-corrected chi connectivity index (χ3v) is 4.87. The minimum Gasteiger partial charge on any atom is -0.381 e. The van der Waals surface area contributed by atoms with E-state index in [9.17, 15) is 8.42 Å². The largest absolute Gasteiger partial charge is 0.381 e. The highest BCUT2D eigenvalue weighted by Crippen LogP contribution is 2.19. The maximum Gasteiger partial charge on any atom is 0.244 e. The number of nitrogens with zero attached hydrogens (tertiary/aromatic N) is 1. The Morgan fingerprint density at radius 3 is 3.05 bits per heavy atom. The highest BCUT2D eigenvalue weighted by molar-refractivity contribution is 7.89. The maximum atomic E-state index is 12.4. The average molecular weight is 313 g/mol. The van der Waals surface area contributed by atoms with E-state index in [-0.39, 0.29) is 10.8 Å². The van der Waals surface area contributed by atoms with E-state index >= 15 is 0 Å². The van der Waals surface area contributed by atoms with Crippen molar-refractivity contribution in [2.24, 2.45) is 5.92 Å². The molecule has 0 spiro atoms. The van der Waals surface area contributed by atoms with Crippen molar-refractivity contribution in [3.8, 4) is 0 Å². The lowest BCUT2D eigenvalue weighted by atomic mass is 10.0. The van der Waals surface area contributed by atoms with Gasteiger partial charge >= 0.3 is 0 Å². The van der Waals surface area contributed by atoms with Crippen LogP contribution in [0.25, 0.3) is 0 Å². The van der Waals surface area contributed by atoms with Crippen molar-refractivity contribution in [2.75, 3.05) is 31.6 Å². The van der Waals surface area contributed by atoms with E-state index in [1.807, 2.05) is 6.92 Å². The molecule has 1 aliphatic rings. The van der Waals surface area contributed by atoms with Crippen LogP contribution in [0.4, 0.5) is 5.82 Å². The molecule has 6 nitrogen and oxygen atoms in total. The lowest BCUT2D eigenvalue weighted by molar-refractivity contribution is 0.0568. The SMILES string of the molecule is CCCNc1ncccc1S(=O)(=O)NCC1CCCOC1. The third kappa shape index (κ3) is 4.66. The van der Waals surface area contributed by atoms with Crippen LogP contribution >= 0.6 is 0 Å². The van der Waals surface area contributed by atoms with Crippen LogP contribution in [-0.2, 0) is 14.8 Å². The standard InChI is InChI=1S/C14H23N3O3S/c1-2-7-15-14-13(6-3-8-16-14)21(18,19)17-10-12-5-4-9-20-11-12/h3,6,8,12,17H,2,4-5,7,9-11H2,1H3,(H,15,16). The Labute approximate surface area is 126 Å². The Morgan fingerprint density at radius 1 is 1.48 bits per heavy atom. The summed E-state index contributed by atoms with van der Waals surface area (Å²) in [6.07, 6.45) is 4.48. The molecule has 0 aromatic carbocycles. The molecule has 0 radical (unpaired) electrons. The maximum absolute atomic E-state index is 12.4. The molecule has 1 unspecified atom stereocenters. The van der Waals surface area contributed by atoms with Gasteiger partial charge in [0.15, 0.2) is 0 Å². The fraction of sp³-hybridized carbons (Fsp3) is 0.643. The van der Waals surface area contributed by atoms with Gasteiger partial charge < -0.3 is 10.1 Å². The molecule has 1 aliphatic heterocycles. The Kier molecular flexibility index (Phi) is 5.96. The molecular weight excluding hydrogens is 290 g/mol. The molecule has 1 aromatic heterocycles. The molecular formula is C14H23N3O3S. The first-order valence-electron chi connectivity index (χ1n) is 7.40. The van der Waals surface area contributed by atoms with Crippen LogP contribution in [0.5, 0.6) is 0 Å². The van der Waals surface area contributed by atoms with Crippen molar-refractivity contribution >= 4 is 15.8 Å². The number of hydrogen-bond acceptors (Lipinski definition) is 5. The predicted molar refractivity (Wildman–Crippen MR) is 81.7 cm³/mol. The van der Waals surface area contributed by atoms with Gasteiger partial charge in [0.05, 0.1) is 6.61 Å². The number of rotatable bonds is 7. The zero-order chi connectivity index (χ0) is 15.1. The van der Waals surface area contributed by atoms with E-state index in [0.29, 0.717) is 25.5 Å². The van der Waals surface area contributed by atoms with Gasteiger partial charge in [0.25, 0.3) is 0 Å². The van der Waals surface area contributed by atoms with Gasteiger partial charge in [-0.2, -0.15) is 0 Å². The monoisotopic (exact) mass is 313 g/mol. The summed E-state index contributed by atoms with van der Waals surface area (Å²) in [7, 11) is -3.55. The van der Waals surface area contributed by atoms with Gasteiger partial charge in [-0.25, -0.2) is 18.1 Å². The molecule has 2 N–H and O–H groups in total. The molecule has 21 heavy (non-hydrogen) atoms. The van der Waals surface area contributed by atoms with Crippen molar-refractivity contribution in [3.63, 3.8) is 0 Å². The van der Waals surface area contributed by atoms with Gasteiger partial charge in [-0.05, 0) is 37.3 Å². The molecule has 2 heterocycles. The molecule has 7 heteroatoms. The van der Waals surface area contributed by atoms with Crippen LogP contribution < -0.4 is 10.0 Å². The summed E-state index contributed by atoms with van der Waals surface area (Å²) in [5.41, 5.74) is 0. The van der Waals surface area contributed by atoms with Crippen LogP contribution in [-0.4, -0.2) is 39.7 Å². The van der Waals surface area contributed by atoms with E-state index < -0.39 is 10.0 Å². The van der Waals surface area contributed by atoms with E-state index in [1.165, 1.54) is 0 Å². The van der Waals surface area contributed by atoms with E-state index in [0.717, 1.165) is 25.9 Å². The second-order valence-electron chi connectivity index (χ2n) is 5.21. The average Bonchev–Trinajstić information content (AvgIpc) is 2.52. The van der Waals surface area contributed by atoms with Crippen LogP contribution in [0.15, 0.2) is 23.2 Å². The number of ether oxygens (including phenoxy) is 1. The summed E-state index contributed by atoms with van der Waals surface area (Å²) < 4.78 is 32.9. The van der Waals surface area contributed by atoms with Gasteiger partial charge in [-0.15, -0.1) is 0 Å². The van der Waals surface area contributed by atoms with Crippen molar-refractivity contribution in [2.45, 2.75) is 31.1 Å². The number of hydrogen-bond donors (Lipinski definition) is 2. The van der Waals surface area contributed by atoms with Crippen molar-refractivity contribution < 1.29 is 13.2 Å². The molecule has 118 valence electrons. The van der Waals surface area contributed by atoms with Crippen LogP contribution in [0, 0.1) is 5.92 Å². The number of pyridine rings is 1. The summed E-state index contributed by atoms with van der Waals surface area (Å²) in [6, 6.07) is 3.21. The molecule has 0 saturated carbocycles. The van der Waals surface area contributed by atoms with Gasteiger partial charge in [-0.3, -0.25) is 0 Å². The Bertz CT molecular complexity index is 542. The molecule has 1 aromatic rings. The number of anilines is 1. The first-order valence-corrected chi connectivity index (χ1v) is 8.88. The summed E-state index contributed by atoms with van der Waals surface area (Å²) in [5.74, 6) is 0.656. The summed E-state index contributed by atoms with van der Waals surface area (Å²) in [6.45, 7) is 4.51. The Hall–Kier alpha value is -1.18. The number of sulfonamides is 1. The molecule has 2 rings (SSSR count). The Morgan fingerprint density at radius 2 is 2.33 bits per heavy atom. The summed E-state index contributed by atoms with van der Waals surface area (Å²) in [4.78, 5) is 4.33. The second-order valence-corrected chi connectivity index (χ2v) is 6.95. The van der Waals surface area contributed by atoms with Gasteiger partial charge in [0.2, 0.25) is 10.0 Å². The topological polar surface area (TPSA) is 80.3 Å². The molecule has 1 atom stereocenters. The lowest BCUT2D eigenvalue weighted by Crippen LogP contribution is -2.33. The van der Waals surface area contributed by atoms with Crippen LogP contribution in [0.2, 0.25) is 0 Å². The van der Waals surface area contributed by atoms with Gasteiger partial charge in [-0.1, -0.05) is 6.92 Å². The summed E-state index contributed by atoms with van der Waals surface area (Å²) in [5, 5.41) is 3.05. The van der Waals surface area contributed by atoms with E-state index in [4.69, 9.17) is 4.74 Å². The summed E-state index contributed by atoms with van der Waals surface area (Å²) >= 11 is 0. The zero-order valence-electron chi connectivity index (χ0n) is 12.3. The van der Waals surface area contributed by atoms with Gasteiger partial charge in [0.1, 0.15) is 10.7 Å². The smallest absolute Gasteiger partial charge is 0.244 e. The molecule has 0 amide bonds. The first-order chi connectivity index (χ1) is 10.1. The fourth-order valence-electron chi connectivity index (χ4n) is 2.26.